The fraction of sp³-hybridized carbons (Fsp3) is 0.435. The summed E-state index contributed by atoms with van der Waals surface area (Å²) < 4.78 is 24.0. The molecule has 0 amide bonds. The zero-order valence-electron chi connectivity index (χ0n) is 18.4. The predicted octanol–water partition coefficient (Wildman–Crippen LogP) is 2.83. The number of benzene rings is 2. The maximum atomic E-state index is 14.0. The van der Waals surface area contributed by atoms with E-state index in [4.69, 9.17) is 14.5 Å². The molecule has 168 valence electrons. The van der Waals surface area contributed by atoms with E-state index in [2.05, 4.69) is 15.1 Å². The number of ether oxygens (including phenoxy) is 2. The summed E-state index contributed by atoms with van der Waals surface area (Å²) >= 11 is 0. The van der Waals surface area contributed by atoms with Gasteiger partial charge in [-0.25, -0.2) is 9.38 Å². The van der Waals surface area contributed by atoms with Gasteiger partial charge < -0.3 is 24.8 Å². The third-order valence-electron chi connectivity index (χ3n) is 5.28. The summed E-state index contributed by atoms with van der Waals surface area (Å²) in [6, 6.07) is 10.4. The summed E-state index contributed by atoms with van der Waals surface area (Å²) in [5, 5.41) is 13.3. The molecule has 8 heteroatoms. The number of guanidine groups is 1. The van der Waals surface area contributed by atoms with Gasteiger partial charge in [0.1, 0.15) is 0 Å². The number of hydrogen-bond donors (Lipinski definition) is 2. The Balaban J connectivity index is 1.58. The van der Waals surface area contributed by atoms with E-state index in [9.17, 15) is 9.50 Å². The molecule has 0 atom stereocenters. The summed E-state index contributed by atoms with van der Waals surface area (Å²) in [4.78, 5) is 9.28. The van der Waals surface area contributed by atoms with Crippen molar-refractivity contribution < 1.29 is 19.0 Å². The second kappa shape index (κ2) is 10.9. The summed E-state index contributed by atoms with van der Waals surface area (Å²) in [6.45, 7) is 7.37. The van der Waals surface area contributed by atoms with Crippen LogP contribution in [0.1, 0.15) is 18.1 Å². The number of piperazine rings is 1. The molecule has 0 unspecified atom stereocenters. The van der Waals surface area contributed by atoms with Gasteiger partial charge >= 0.3 is 0 Å². The molecular weight excluding hydrogens is 399 g/mol. The number of halogens is 1. The van der Waals surface area contributed by atoms with Crippen molar-refractivity contribution in [3.05, 3.63) is 53.3 Å². The van der Waals surface area contributed by atoms with Crippen molar-refractivity contribution in [3.63, 3.8) is 0 Å². The lowest BCUT2D eigenvalue weighted by Crippen LogP contribution is -2.52. The Hall–Kier alpha value is -3.00. The molecule has 0 aromatic heterocycles. The van der Waals surface area contributed by atoms with Crippen LogP contribution in [0.25, 0.3) is 0 Å². The standard InChI is InChI=1S/C23H31FN4O3/c1-4-25-23(26-15-17-5-8-22(31-3)20(29)14-17)28-11-9-27(10-12-28)16-18-6-7-21(30-2)19(24)13-18/h5-8,13-14,29H,4,9-12,15-16H2,1-3H3,(H,25,26). The Bertz CT molecular complexity index is 898. The lowest BCUT2D eigenvalue weighted by molar-refractivity contribution is 0.172. The van der Waals surface area contributed by atoms with Crippen molar-refractivity contribution in [1.29, 1.82) is 0 Å². The molecule has 31 heavy (non-hydrogen) atoms. The van der Waals surface area contributed by atoms with Crippen LogP contribution in [0, 0.1) is 5.82 Å². The molecule has 0 bridgehead atoms. The number of methoxy groups -OCH3 is 2. The zero-order chi connectivity index (χ0) is 22.2. The Morgan fingerprint density at radius 2 is 1.71 bits per heavy atom. The van der Waals surface area contributed by atoms with Gasteiger partial charge in [-0.1, -0.05) is 12.1 Å². The van der Waals surface area contributed by atoms with E-state index in [0.717, 1.165) is 49.8 Å². The highest BCUT2D eigenvalue weighted by Gasteiger charge is 2.20. The topological polar surface area (TPSA) is 69.6 Å². The first-order valence-electron chi connectivity index (χ1n) is 10.5. The van der Waals surface area contributed by atoms with Gasteiger partial charge in [-0.15, -0.1) is 0 Å². The van der Waals surface area contributed by atoms with Gasteiger partial charge in [0.2, 0.25) is 0 Å². The number of nitrogens with one attached hydrogen (secondary N) is 1. The monoisotopic (exact) mass is 430 g/mol. The number of rotatable bonds is 7. The molecule has 0 saturated carbocycles. The van der Waals surface area contributed by atoms with Crippen LogP contribution >= 0.6 is 0 Å². The van der Waals surface area contributed by atoms with Gasteiger partial charge in [-0.2, -0.15) is 0 Å². The molecule has 1 saturated heterocycles. The van der Waals surface area contributed by atoms with Crippen LogP contribution in [-0.2, 0) is 13.1 Å². The average Bonchev–Trinajstić information content (AvgIpc) is 2.77. The highest BCUT2D eigenvalue weighted by atomic mass is 19.1. The highest BCUT2D eigenvalue weighted by Crippen LogP contribution is 2.26. The first kappa shape index (κ1) is 22.7. The van der Waals surface area contributed by atoms with Gasteiger partial charge in [0, 0.05) is 39.3 Å². The molecule has 0 spiro atoms. The van der Waals surface area contributed by atoms with Gasteiger partial charge in [0.05, 0.1) is 20.8 Å². The third-order valence-corrected chi connectivity index (χ3v) is 5.28. The molecule has 1 heterocycles. The van der Waals surface area contributed by atoms with Crippen molar-refractivity contribution in [3.8, 4) is 17.2 Å². The van der Waals surface area contributed by atoms with E-state index in [-0.39, 0.29) is 17.3 Å². The van der Waals surface area contributed by atoms with Crippen molar-refractivity contribution in [1.82, 2.24) is 15.1 Å². The molecule has 1 fully saturated rings. The number of nitrogens with zero attached hydrogens (tertiary/aromatic N) is 3. The number of aliphatic imine (C=N–C) groups is 1. The molecule has 0 aliphatic carbocycles. The SMILES string of the molecule is CCNC(=NCc1ccc(OC)c(O)c1)N1CCN(Cc2ccc(OC)c(F)c2)CC1. The quantitative estimate of drug-likeness (QED) is 0.520. The minimum absolute atomic E-state index is 0.115. The number of phenols is 1. The molecule has 7 nitrogen and oxygen atoms in total. The van der Waals surface area contributed by atoms with Crippen molar-refractivity contribution >= 4 is 5.96 Å². The van der Waals surface area contributed by atoms with Crippen LogP contribution in [0.3, 0.4) is 0 Å². The van der Waals surface area contributed by atoms with Gasteiger partial charge in [-0.05, 0) is 42.3 Å². The number of aromatic hydroxyl groups is 1. The van der Waals surface area contributed by atoms with Crippen LogP contribution in [0.5, 0.6) is 17.2 Å². The highest BCUT2D eigenvalue weighted by molar-refractivity contribution is 5.80. The maximum Gasteiger partial charge on any atom is 0.194 e. The number of hydrogen-bond acceptors (Lipinski definition) is 5. The van der Waals surface area contributed by atoms with Gasteiger partial charge in [-0.3, -0.25) is 4.90 Å². The molecule has 1 aliphatic rings. The predicted molar refractivity (Wildman–Crippen MR) is 119 cm³/mol. The fourth-order valence-corrected chi connectivity index (χ4v) is 3.61. The first-order chi connectivity index (χ1) is 15.0. The molecule has 2 aromatic carbocycles. The van der Waals surface area contributed by atoms with Gasteiger partial charge in [0.15, 0.2) is 29.0 Å². The van der Waals surface area contributed by atoms with Crippen LogP contribution < -0.4 is 14.8 Å². The van der Waals surface area contributed by atoms with Crippen LogP contribution in [0.4, 0.5) is 4.39 Å². The van der Waals surface area contributed by atoms with Crippen molar-refractivity contribution in [2.75, 3.05) is 46.9 Å². The summed E-state index contributed by atoms with van der Waals surface area (Å²) in [5.41, 5.74) is 1.85. The van der Waals surface area contributed by atoms with E-state index in [1.165, 1.54) is 14.2 Å². The summed E-state index contributed by atoms with van der Waals surface area (Å²) in [6.07, 6.45) is 0. The molecular formula is C23H31FN4O3. The fourth-order valence-electron chi connectivity index (χ4n) is 3.61. The van der Waals surface area contributed by atoms with Crippen LogP contribution in [0.15, 0.2) is 41.4 Å². The Kier molecular flexibility index (Phi) is 7.94. The maximum absolute atomic E-state index is 14.0. The lowest BCUT2D eigenvalue weighted by Gasteiger charge is -2.36. The second-order valence-corrected chi connectivity index (χ2v) is 7.41. The molecule has 2 N–H and O–H groups in total. The minimum Gasteiger partial charge on any atom is -0.504 e. The van der Waals surface area contributed by atoms with E-state index >= 15 is 0 Å². The minimum atomic E-state index is -0.329. The smallest absolute Gasteiger partial charge is 0.194 e. The Morgan fingerprint density at radius 1 is 1.03 bits per heavy atom. The Morgan fingerprint density at radius 3 is 2.32 bits per heavy atom. The van der Waals surface area contributed by atoms with Crippen molar-refractivity contribution in [2.45, 2.75) is 20.0 Å². The lowest BCUT2D eigenvalue weighted by atomic mass is 10.2. The molecule has 2 aromatic rings. The van der Waals surface area contributed by atoms with Crippen LogP contribution in [0.2, 0.25) is 0 Å². The average molecular weight is 431 g/mol. The van der Waals surface area contributed by atoms with E-state index in [1.54, 1.807) is 24.3 Å². The third kappa shape index (κ3) is 6.01. The van der Waals surface area contributed by atoms with E-state index in [1.807, 2.05) is 19.1 Å². The normalized spacial score (nSPS) is 15.1. The van der Waals surface area contributed by atoms with Gasteiger partial charge in [0.25, 0.3) is 0 Å². The second-order valence-electron chi connectivity index (χ2n) is 7.41. The largest absolute Gasteiger partial charge is 0.504 e. The Labute approximate surface area is 183 Å². The molecule has 1 aliphatic heterocycles. The van der Waals surface area contributed by atoms with E-state index < -0.39 is 0 Å². The van der Waals surface area contributed by atoms with E-state index in [0.29, 0.717) is 18.8 Å². The number of phenolic OH excluding ortho intramolecular Hbond substituents is 1. The summed E-state index contributed by atoms with van der Waals surface area (Å²) in [7, 11) is 3.00. The molecule has 0 radical (unpaired) electrons. The van der Waals surface area contributed by atoms with Crippen molar-refractivity contribution in [2.24, 2.45) is 4.99 Å². The summed E-state index contributed by atoms with van der Waals surface area (Å²) in [5.74, 6) is 1.36. The first-order valence-corrected chi connectivity index (χ1v) is 10.5. The van der Waals surface area contributed by atoms with Crippen LogP contribution in [-0.4, -0.2) is 67.8 Å². The zero-order valence-corrected chi connectivity index (χ0v) is 18.4. The molecule has 3 rings (SSSR count).